The highest BCUT2D eigenvalue weighted by atomic mass is 19.1. The number of likely N-dealkylation sites (N-methyl/N-ethyl adjacent to an activating group) is 2. The maximum atomic E-state index is 13.6. The molecule has 0 aliphatic carbocycles. The summed E-state index contributed by atoms with van der Waals surface area (Å²) < 4.78 is 18.8. The van der Waals surface area contributed by atoms with Crippen LogP contribution in [0.3, 0.4) is 0 Å². The SMILES string of the molecule is CNC[C@H](C)NC(=O)N1CCCCC1.CNC[C@H](C)NC(=O)N1CCC[C@@H]([C@@](O)(CCCCOC)c2ccccc2-c2ccc(F)cc2)C1. The second-order valence-corrected chi connectivity index (χ2v) is 13.6. The van der Waals surface area contributed by atoms with Gasteiger partial charge in [0.2, 0.25) is 0 Å². The molecular weight excluding hydrogens is 623 g/mol. The quantitative estimate of drug-likeness (QED) is 0.172. The molecule has 2 fully saturated rings. The summed E-state index contributed by atoms with van der Waals surface area (Å²) in [5, 5.41) is 24.5. The van der Waals surface area contributed by atoms with Crippen molar-refractivity contribution < 1.29 is 23.8 Å². The number of aliphatic hydroxyl groups is 1. The molecule has 2 saturated heterocycles. The highest BCUT2D eigenvalue weighted by Crippen LogP contribution is 2.43. The molecule has 0 unspecified atom stereocenters. The Morgan fingerprint density at radius 3 is 2.08 bits per heavy atom. The second kappa shape index (κ2) is 21.1. The first-order chi connectivity index (χ1) is 23.6. The number of urea groups is 2. The Morgan fingerprint density at radius 1 is 0.878 bits per heavy atom. The maximum absolute atomic E-state index is 13.6. The average molecular weight is 685 g/mol. The number of methoxy groups -OCH3 is 1. The lowest BCUT2D eigenvalue weighted by atomic mass is 9.72. The van der Waals surface area contributed by atoms with Crippen LogP contribution in [0.4, 0.5) is 14.0 Å². The number of likely N-dealkylation sites (tertiary alicyclic amines) is 2. The molecule has 0 saturated carbocycles. The van der Waals surface area contributed by atoms with Crippen LogP contribution in [0.1, 0.15) is 70.8 Å². The largest absolute Gasteiger partial charge is 0.385 e. The van der Waals surface area contributed by atoms with Crippen LogP contribution < -0.4 is 21.3 Å². The van der Waals surface area contributed by atoms with E-state index < -0.39 is 5.60 Å². The summed E-state index contributed by atoms with van der Waals surface area (Å²) >= 11 is 0. The molecule has 274 valence electrons. The molecule has 49 heavy (non-hydrogen) atoms. The van der Waals surface area contributed by atoms with E-state index in [4.69, 9.17) is 4.74 Å². The van der Waals surface area contributed by atoms with E-state index in [2.05, 4.69) is 21.3 Å². The third kappa shape index (κ3) is 12.5. The van der Waals surface area contributed by atoms with Crippen molar-refractivity contribution in [3.05, 3.63) is 59.9 Å². The van der Waals surface area contributed by atoms with Gasteiger partial charge in [0.05, 0.1) is 5.60 Å². The van der Waals surface area contributed by atoms with E-state index >= 15 is 0 Å². The maximum Gasteiger partial charge on any atom is 0.317 e. The number of ether oxygens (including phenoxy) is 1. The summed E-state index contributed by atoms with van der Waals surface area (Å²) in [4.78, 5) is 28.4. The number of nitrogens with zero attached hydrogens (tertiary/aromatic N) is 2. The number of unbranched alkanes of at least 4 members (excludes halogenated alkanes) is 1. The minimum absolute atomic E-state index is 0.0139. The van der Waals surface area contributed by atoms with Crippen molar-refractivity contribution in [3.8, 4) is 11.1 Å². The van der Waals surface area contributed by atoms with Crippen LogP contribution in [0.25, 0.3) is 11.1 Å². The standard InChI is InChI=1S/C28H40FN3O3.C10H21N3O/c1-21(19-30-2)31-27(33)32-17-8-9-23(20-32)28(34,16-6-7-18-35-3)26-11-5-4-10-25(26)22-12-14-24(29)15-13-22;1-9(8-11-2)12-10(14)13-6-4-3-5-7-13/h4-5,10-15,21,23,30,34H,6-9,16-20H2,1-3H3,(H,31,33);9,11H,3-8H2,1-2H3,(H,12,14)/t21-,23+,28-;9-/m00/s1. The zero-order valence-electron chi connectivity index (χ0n) is 30.4. The fraction of sp³-hybridized carbons (Fsp3) is 0.632. The predicted octanol–water partition coefficient (Wildman–Crippen LogP) is 5.32. The van der Waals surface area contributed by atoms with Crippen LogP contribution in [0.5, 0.6) is 0 Å². The number of benzene rings is 2. The molecule has 0 spiro atoms. The molecule has 4 amide bonds. The van der Waals surface area contributed by atoms with E-state index in [0.29, 0.717) is 32.7 Å². The summed E-state index contributed by atoms with van der Waals surface area (Å²) in [6, 6.07) is 14.5. The average Bonchev–Trinajstić information content (AvgIpc) is 3.11. The molecule has 0 bridgehead atoms. The molecule has 5 N–H and O–H groups in total. The Labute approximate surface area is 293 Å². The number of hydrogen-bond donors (Lipinski definition) is 5. The van der Waals surface area contributed by atoms with Gasteiger partial charge in [-0.25, -0.2) is 14.0 Å². The van der Waals surface area contributed by atoms with Crippen molar-refractivity contribution in [2.45, 2.75) is 82.9 Å². The van der Waals surface area contributed by atoms with Crippen molar-refractivity contribution in [1.29, 1.82) is 0 Å². The molecule has 10 nitrogen and oxygen atoms in total. The molecule has 2 heterocycles. The summed E-state index contributed by atoms with van der Waals surface area (Å²) in [6.45, 7) is 9.12. The Hall–Kier alpha value is -3.25. The van der Waals surface area contributed by atoms with Gasteiger partial charge in [0.15, 0.2) is 0 Å². The molecule has 4 atom stereocenters. The van der Waals surface area contributed by atoms with Crippen molar-refractivity contribution in [1.82, 2.24) is 31.1 Å². The minimum atomic E-state index is -1.13. The number of nitrogens with one attached hydrogen (secondary N) is 4. The van der Waals surface area contributed by atoms with Crippen LogP contribution in [-0.2, 0) is 10.3 Å². The van der Waals surface area contributed by atoms with Crippen molar-refractivity contribution in [3.63, 3.8) is 0 Å². The molecule has 4 rings (SSSR count). The van der Waals surface area contributed by atoms with Crippen molar-refractivity contribution in [2.75, 3.05) is 67.1 Å². The van der Waals surface area contributed by atoms with Gasteiger partial charge in [0, 0.05) is 71.0 Å². The number of hydrogen-bond acceptors (Lipinski definition) is 6. The number of rotatable bonds is 14. The lowest BCUT2D eigenvalue weighted by Crippen LogP contribution is -2.53. The monoisotopic (exact) mass is 684 g/mol. The van der Waals surface area contributed by atoms with E-state index in [-0.39, 0.29) is 35.9 Å². The number of halogens is 1. The summed E-state index contributed by atoms with van der Waals surface area (Å²) in [5.41, 5.74) is 1.46. The molecule has 11 heteroatoms. The molecule has 2 aliphatic heterocycles. The van der Waals surface area contributed by atoms with Gasteiger partial charge in [-0.15, -0.1) is 0 Å². The molecule has 0 radical (unpaired) electrons. The number of piperidine rings is 2. The third-order valence-electron chi connectivity index (χ3n) is 9.49. The van der Waals surface area contributed by atoms with Gasteiger partial charge in [0.25, 0.3) is 0 Å². The van der Waals surface area contributed by atoms with Crippen LogP contribution in [0.2, 0.25) is 0 Å². The first-order valence-electron chi connectivity index (χ1n) is 18.1. The van der Waals surface area contributed by atoms with Gasteiger partial charge < -0.3 is 40.9 Å². The van der Waals surface area contributed by atoms with E-state index in [9.17, 15) is 19.1 Å². The predicted molar refractivity (Wildman–Crippen MR) is 195 cm³/mol. The second-order valence-electron chi connectivity index (χ2n) is 13.6. The minimum Gasteiger partial charge on any atom is -0.385 e. The Bertz CT molecular complexity index is 1260. The van der Waals surface area contributed by atoms with Gasteiger partial charge in [-0.1, -0.05) is 36.4 Å². The van der Waals surface area contributed by atoms with Crippen molar-refractivity contribution >= 4 is 12.1 Å². The van der Waals surface area contributed by atoms with Gasteiger partial charge in [-0.2, -0.15) is 0 Å². The molecule has 0 aromatic heterocycles. The Kier molecular flexibility index (Phi) is 17.3. The smallest absolute Gasteiger partial charge is 0.317 e. The lowest BCUT2D eigenvalue weighted by molar-refractivity contribution is -0.0559. The van der Waals surface area contributed by atoms with E-state index in [0.717, 1.165) is 74.8 Å². The van der Waals surface area contributed by atoms with Crippen LogP contribution in [0.15, 0.2) is 48.5 Å². The van der Waals surface area contributed by atoms with Crippen LogP contribution in [-0.4, -0.2) is 106 Å². The zero-order chi connectivity index (χ0) is 35.6. The first-order valence-corrected chi connectivity index (χ1v) is 18.1. The van der Waals surface area contributed by atoms with E-state index in [1.54, 1.807) is 19.2 Å². The Balaban J connectivity index is 0.000000388. The van der Waals surface area contributed by atoms with E-state index in [1.165, 1.54) is 18.6 Å². The highest BCUT2D eigenvalue weighted by molar-refractivity contribution is 5.75. The van der Waals surface area contributed by atoms with Gasteiger partial charge in [-0.05, 0) is 108 Å². The molecular formula is C38H61FN6O4. The summed E-state index contributed by atoms with van der Waals surface area (Å²) in [6.07, 6.45) is 7.41. The van der Waals surface area contributed by atoms with E-state index in [1.807, 2.05) is 62.0 Å². The lowest BCUT2D eigenvalue weighted by Gasteiger charge is -2.43. The van der Waals surface area contributed by atoms with Crippen molar-refractivity contribution in [2.24, 2.45) is 5.92 Å². The summed E-state index contributed by atoms with van der Waals surface area (Å²) in [7, 11) is 5.44. The Morgan fingerprint density at radius 2 is 1.47 bits per heavy atom. The number of carbonyl (C=O) groups excluding carboxylic acids is 2. The molecule has 2 aromatic rings. The van der Waals surface area contributed by atoms with Crippen LogP contribution in [0, 0.1) is 11.7 Å². The van der Waals surface area contributed by atoms with Gasteiger partial charge in [-0.3, -0.25) is 0 Å². The van der Waals surface area contributed by atoms with Gasteiger partial charge >= 0.3 is 12.1 Å². The van der Waals surface area contributed by atoms with Crippen LogP contribution >= 0.6 is 0 Å². The number of carbonyl (C=O) groups is 2. The topological polar surface area (TPSA) is 118 Å². The fourth-order valence-electron chi connectivity index (χ4n) is 6.91. The first kappa shape index (κ1) is 40.2. The molecule has 2 aliphatic rings. The normalized spacial score (nSPS) is 18.8. The fourth-order valence-corrected chi connectivity index (χ4v) is 6.91. The number of amides is 4. The summed E-state index contributed by atoms with van der Waals surface area (Å²) in [5.74, 6) is -0.409. The highest BCUT2D eigenvalue weighted by Gasteiger charge is 2.42. The van der Waals surface area contributed by atoms with Gasteiger partial charge in [0.1, 0.15) is 5.82 Å². The third-order valence-corrected chi connectivity index (χ3v) is 9.49. The zero-order valence-corrected chi connectivity index (χ0v) is 30.4. The molecule has 2 aromatic carbocycles.